The van der Waals surface area contributed by atoms with Gasteiger partial charge in [-0.2, -0.15) is 21.6 Å². The summed E-state index contributed by atoms with van der Waals surface area (Å²) >= 11 is 0. The first kappa shape index (κ1) is 27.5. The number of aryl methyl sites for hydroxylation is 1. The molecular weight excluding hydrogens is 531 g/mol. The van der Waals surface area contributed by atoms with Gasteiger partial charge in [-0.1, -0.05) is 36.4 Å². The standard InChI is InChI=1S/C21H16F3N5.C6H6O3S/c1-12-27-19(14-5-4-13-3-2-10-26-17(13)11-14)18(25)20(28-12)29-16-8-6-15(7-9-16)21(22,23)24;7-10(8,9)6-4-2-1-3-5-6/h2-11H,25H2,1H3,(H,27,28,29);1-5H,(H,7,8,9). The summed E-state index contributed by atoms with van der Waals surface area (Å²) < 4.78 is 67.5. The number of fused-ring (bicyclic) bond motifs is 1. The van der Waals surface area contributed by atoms with Gasteiger partial charge in [0.25, 0.3) is 10.1 Å². The number of anilines is 3. The number of alkyl halides is 3. The highest BCUT2D eigenvalue weighted by atomic mass is 32.2. The molecule has 8 nitrogen and oxygen atoms in total. The largest absolute Gasteiger partial charge is 0.416 e. The van der Waals surface area contributed by atoms with Crippen molar-refractivity contribution in [3.8, 4) is 11.3 Å². The van der Waals surface area contributed by atoms with Crippen LogP contribution in [0.25, 0.3) is 22.2 Å². The van der Waals surface area contributed by atoms with Gasteiger partial charge >= 0.3 is 6.18 Å². The molecule has 3 aromatic carbocycles. The van der Waals surface area contributed by atoms with Gasteiger partial charge in [-0.05, 0) is 55.5 Å². The zero-order valence-corrected chi connectivity index (χ0v) is 21.2. The summed E-state index contributed by atoms with van der Waals surface area (Å²) in [4.78, 5) is 13.0. The third kappa shape index (κ3) is 6.86. The fourth-order valence-electron chi connectivity index (χ4n) is 3.58. The quantitative estimate of drug-likeness (QED) is 0.222. The van der Waals surface area contributed by atoms with Crippen molar-refractivity contribution in [3.63, 3.8) is 0 Å². The lowest BCUT2D eigenvalue weighted by Crippen LogP contribution is -2.07. The lowest BCUT2D eigenvalue weighted by molar-refractivity contribution is -0.137. The van der Waals surface area contributed by atoms with E-state index in [1.54, 1.807) is 31.3 Å². The number of nitrogens with two attached hydrogens (primary N) is 1. The Balaban J connectivity index is 0.000000298. The van der Waals surface area contributed by atoms with E-state index in [0.29, 0.717) is 28.7 Å². The molecule has 0 saturated carbocycles. The van der Waals surface area contributed by atoms with Crippen molar-refractivity contribution in [2.75, 3.05) is 11.1 Å². The van der Waals surface area contributed by atoms with E-state index < -0.39 is 21.9 Å². The van der Waals surface area contributed by atoms with Crippen LogP contribution in [0.3, 0.4) is 0 Å². The van der Waals surface area contributed by atoms with Gasteiger partial charge in [0.05, 0.1) is 21.7 Å². The Hall–Kier alpha value is -4.55. The van der Waals surface area contributed by atoms with Gasteiger partial charge in [0.15, 0.2) is 5.82 Å². The average Bonchev–Trinajstić information content (AvgIpc) is 2.90. The summed E-state index contributed by atoms with van der Waals surface area (Å²) in [5.74, 6) is 0.804. The zero-order valence-electron chi connectivity index (χ0n) is 20.4. The van der Waals surface area contributed by atoms with Gasteiger partial charge < -0.3 is 11.1 Å². The molecule has 0 atom stereocenters. The molecule has 5 aromatic rings. The van der Waals surface area contributed by atoms with E-state index in [9.17, 15) is 21.6 Å². The highest BCUT2D eigenvalue weighted by Crippen LogP contribution is 2.33. The monoisotopic (exact) mass is 553 g/mol. The van der Waals surface area contributed by atoms with Crippen LogP contribution < -0.4 is 11.1 Å². The van der Waals surface area contributed by atoms with Crippen LogP contribution in [0, 0.1) is 6.92 Å². The Morgan fingerprint density at radius 1 is 0.897 bits per heavy atom. The Kier molecular flexibility index (Phi) is 7.79. The molecule has 0 unspecified atom stereocenters. The SMILES string of the molecule is Cc1nc(Nc2ccc(C(F)(F)F)cc2)c(N)c(-c2ccc3cccnc3c2)n1.O=S(=O)(O)c1ccccc1. The third-order valence-corrected chi connectivity index (χ3v) is 6.32. The Bertz CT molecular complexity index is 1710. The number of nitrogen functional groups attached to an aromatic ring is 1. The van der Waals surface area contributed by atoms with Crippen LogP contribution >= 0.6 is 0 Å². The molecule has 0 fully saturated rings. The number of nitrogens with one attached hydrogen (secondary N) is 1. The van der Waals surface area contributed by atoms with Crippen molar-refractivity contribution in [3.05, 3.63) is 103 Å². The van der Waals surface area contributed by atoms with Crippen LogP contribution in [0.2, 0.25) is 0 Å². The Morgan fingerprint density at radius 2 is 1.59 bits per heavy atom. The second kappa shape index (κ2) is 11.1. The molecule has 0 spiro atoms. The van der Waals surface area contributed by atoms with Crippen LogP contribution in [0.15, 0.2) is 96.0 Å². The van der Waals surface area contributed by atoms with E-state index in [1.165, 1.54) is 24.3 Å². The number of hydrogen-bond acceptors (Lipinski definition) is 7. The molecule has 0 saturated heterocycles. The number of rotatable bonds is 4. The number of hydrogen-bond donors (Lipinski definition) is 3. The van der Waals surface area contributed by atoms with E-state index in [0.717, 1.165) is 28.6 Å². The predicted octanol–water partition coefficient (Wildman–Crippen LogP) is 6.28. The maximum atomic E-state index is 12.7. The van der Waals surface area contributed by atoms with Crippen LogP contribution in [0.1, 0.15) is 11.4 Å². The van der Waals surface area contributed by atoms with E-state index in [4.69, 9.17) is 10.3 Å². The van der Waals surface area contributed by atoms with E-state index in [2.05, 4.69) is 20.3 Å². The Labute approximate surface area is 222 Å². The van der Waals surface area contributed by atoms with Crippen molar-refractivity contribution in [1.82, 2.24) is 15.0 Å². The minimum Gasteiger partial charge on any atom is -0.394 e. The maximum absolute atomic E-state index is 12.7. The molecule has 2 heterocycles. The normalized spacial score (nSPS) is 11.5. The molecule has 0 aliphatic rings. The van der Waals surface area contributed by atoms with Crippen LogP contribution in [-0.4, -0.2) is 27.9 Å². The van der Waals surface area contributed by atoms with Crippen molar-refractivity contribution in [1.29, 1.82) is 0 Å². The van der Waals surface area contributed by atoms with Gasteiger partial charge in [0, 0.05) is 22.8 Å². The van der Waals surface area contributed by atoms with Gasteiger partial charge in [0.2, 0.25) is 0 Å². The molecular formula is C27H22F3N5O3S. The highest BCUT2D eigenvalue weighted by Gasteiger charge is 2.30. The molecule has 0 bridgehead atoms. The molecule has 39 heavy (non-hydrogen) atoms. The second-order valence-electron chi connectivity index (χ2n) is 8.28. The van der Waals surface area contributed by atoms with Crippen LogP contribution in [-0.2, 0) is 16.3 Å². The molecule has 0 aliphatic heterocycles. The van der Waals surface area contributed by atoms with Crippen molar-refractivity contribution in [2.24, 2.45) is 0 Å². The van der Waals surface area contributed by atoms with Crippen molar-refractivity contribution < 1.29 is 26.1 Å². The highest BCUT2D eigenvalue weighted by molar-refractivity contribution is 7.85. The minimum atomic E-state index is -4.39. The Morgan fingerprint density at radius 3 is 2.21 bits per heavy atom. The summed E-state index contributed by atoms with van der Waals surface area (Å²) in [6.45, 7) is 1.72. The zero-order chi connectivity index (χ0) is 28.2. The summed E-state index contributed by atoms with van der Waals surface area (Å²) in [6.07, 6.45) is -2.68. The average molecular weight is 554 g/mol. The van der Waals surface area contributed by atoms with Gasteiger partial charge in [-0.25, -0.2) is 9.97 Å². The first-order valence-corrected chi connectivity index (χ1v) is 12.8. The fourth-order valence-corrected chi connectivity index (χ4v) is 4.08. The van der Waals surface area contributed by atoms with Crippen molar-refractivity contribution in [2.45, 2.75) is 18.0 Å². The van der Waals surface area contributed by atoms with Gasteiger partial charge in [-0.3, -0.25) is 9.54 Å². The van der Waals surface area contributed by atoms with E-state index in [1.807, 2.05) is 30.3 Å². The van der Waals surface area contributed by atoms with Gasteiger partial charge in [-0.15, -0.1) is 0 Å². The summed E-state index contributed by atoms with van der Waals surface area (Å²) in [7, 11) is -4.00. The van der Waals surface area contributed by atoms with E-state index >= 15 is 0 Å². The first-order valence-electron chi connectivity index (χ1n) is 11.4. The smallest absolute Gasteiger partial charge is 0.394 e. The second-order valence-corrected chi connectivity index (χ2v) is 9.70. The molecule has 0 aliphatic carbocycles. The van der Waals surface area contributed by atoms with Crippen LogP contribution in [0.5, 0.6) is 0 Å². The summed E-state index contributed by atoms with van der Waals surface area (Å²) in [6, 6.07) is 21.6. The molecule has 2 aromatic heterocycles. The lowest BCUT2D eigenvalue weighted by atomic mass is 10.1. The lowest BCUT2D eigenvalue weighted by Gasteiger charge is -2.14. The molecule has 5 rings (SSSR count). The van der Waals surface area contributed by atoms with Gasteiger partial charge in [0.1, 0.15) is 11.5 Å². The number of aromatic nitrogens is 3. The summed E-state index contributed by atoms with van der Waals surface area (Å²) in [5.41, 5.74) is 8.40. The molecule has 0 amide bonds. The molecule has 12 heteroatoms. The molecule has 4 N–H and O–H groups in total. The third-order valence-electron chi connectivity index (χ3n) is 5.45. The molecule has 200 valence electrons. The summed E-state index contributed by atoms with van der Waals surface area (Å²) in [5, 5.41) is 3.97. The van der Waals surface area contributed by atoms with Crippen LogP contribution in [0.4, 0.5) is 30.4 Å². The predicted molar refractivity (Wildman–Crippen MR) is 143 cm³/mol. The first-order chi connectivity index (χ1) is 18.4. The van der Waals surface area contributed by atoms with E-state index in [-0.39, 0.29) is 4.90 Å². The number of pyridine rings is 1. The number of nitrogens with zero attached hydrogens (tertiary/aromatic N) is 3. The number of benzene rings is 3. The topological polar surface area (TPSA) is 131 Å². The minimum absolute atomic E-state index is 0.0741. The number of halogens is 3. The molecule has 0 radical (unpaired) electrons. The van der Waals surface area contributed by atoms with Crippen molar-refractivity contribution >= 4 is 38.2 Å². The fraction of sp³-hybridized carbons (Fsp3) is 0.0741. The maximum Gasteiger partial charge on any atom is 0.416 e.